The third kappa shape index (κ3) is 4.43. The molecule has 1 aromatic carbocycles. The van der Waals surface area contributed by atoms with Gasteiger partial charge in [-0.15, -0.1) is 5.10 Å². The second kappa shape index (κ2) is 6.23. The molecule has 2 aromatic rings. The molecule has 1 saturated carbocycles. The molecule has 0 saturated heterocycles. The topological polar surface area (TPSA) is 94.3 Å². The molecule has 22 heavy (non-hydrogen) atoms. The highest BCUT2D eigenvalue weighted by atomic mass is 35.5. The van der Waals surface area contributed by atoms with E-state index in [1.54, 1.807) is 0 Å². The van der Waals surface area contributed by atoms with Crippen molar-refractivity contribution in [3.8, 4) is 0 Å². The van der Waals surface area contributed by atoms with Crippen molar-refractivity contribution in [2.45, 2.75) is 18.9 Å². The maximum absolute atomic E-state index is 10.4. The van der Waals surface area contributed by atoms with Gasteiger partial charge in [-0.05, 0) is 30.0 Å². The Balaban J connectivity index is 0.000000164. The summed E-state index contributed by atoms with van der Waals surface area (Å²) < 4.78 is 25.0. The van der Waals surface area contributed by atoms with E-state index in [0.29, 0.717) is 5.92 Å². The molecule has 1 aromatic heterocycles. The fraction of sp³-hybridized carbons (Fsp3) is 0.385. The van der Waals surface area contributed by atoms with Gasteiger partial charge in [0.2, 0.25) is 0 Å². The summed E-state index contributed by atoms with van der Waals surface area (Å²) in [5, 5.41) is 14.0. The van der Waals surface area contributed by atoms with Crippen LogP contribution >= 0.6 is 11.6 Å². The van der Waals surface area contributed by atoms with Crippen molar-refractivity contribution < 1.29 is 17.8 Å². The molecule has 0 spiro atoms. The van der Waals surface area contributed by atoms with E-state index in [9.17, 15) is 13.5 Å². The van der Waals surface area contributed by atoms with Crippen LogP contribution in [0.2, 0.25) is 5.02 Å². The van der Waals surface area contributed by atoms with Crippen LogP contribution < -0.4 is 4.28 Å². The van der Waals surface area contributed by atoms with Crippen LogP contribution in [0, 0.1) is 5.92 Å². The summed E-state index contributed by atoms with van der Waals surface area (Å²) in [6.07, 6.45) is 4.11. The van der Waals surface area contributed by atoms with Crippen molar-refractivity contribution >= 4 is 21.7 Å². The molecule has 0 aliphatic heterocycles. The highest BCUT2D eigenvalue weighted by molar-refractivity contribution is 7.86. The number of nitrogens with zero attached hydrogens (tertiary/aromatic N) is 3. The largest absolute Gasteiger partial charge is 0.385 e. The van der Waals surface area contributed by atoms with Crippen LogP contribution in [0.1, 0.15) is 18.9 Å². The molecule has 0 radical (unpaired) electrons. The molecule has 9 heteroatoms. The van der Waals surface area contributed by atoms with Crippen molar-refractivity contribution in [1.29, 1.82) is 0 Å². The summed E-state index contributed by atoms with van der Waals surface area (Å²) >= 11 is 5.74. The van der Waals surface area contributed by atoms with E-state index >= 15 is 0 Å². The summed E-state index contributed by atoms with van der Waals surface area (Å²) in [7, 11) is -3.49. The summed E-state index contributed by atoms with van der Waals surface area (Å²) in [6.45, 7) is 2.05. The first-order chi connectivity index (χ1) is 10.2. The van der Waals surface area contributed by atoms with Gasteiger partial charge in [-0.3, -0.25) is 4.28 Å². The molecule has 0 bridgehead atoms. The quantitative estimate of drug-likeness (QED) is 0.899. The predicted octanol–water partition coefficient (Wildman–Crippen LogP) is 1.23. The summed E-state index contributed by atoms with van der Waals surface area (Å²) in [4.78, 5) is 4.23. The lowest BCUT2D eigenvalue weighted by Gasteiger charge is -2.08. The average molecular weight is 346 g/mol. The third-order valence-electron chi connectivity index (χ3n) is 3.23. The van der Waals surface area contributed by atoms with Gasteiger partial charge >= 0.3 is 10.1 Å². The molecule has 1 fully saturated rings. The second-order valence-electron chi connectivity index (χ2n) is 5.11. The number of benzene rings is 1. The average Bonchev–Trinajstić information content (AvgIpc) is 2.83. The Morgan fingerprint density at radius 1 is 1.41 bits per heavy atom. The van der Waals surface area contributed by atoms with Gasteiger partial charge in [-0.2, -0.15) is 8.42 Å². The molecule has 2 atom stereocenters. The molecule has 1 aliphatic rings. The Labute approximate surface area is 133 Å². The number of rotatable bonds is 3. The third-order valence-corrected chi connectivity index (χ3v) is 3.90. The minimum atomic E-state index is -3.49. The maximum Gasteiger partial charge on any atom is 0.325 e. The van der Waals surface area contributed by atoms with Crippen LogP contribution in [0.25, 0.3) is 0 Å². The smallest absolute Gasteiger partial charge is 0.325 e. The molecule has 0 amide bonds. The van der Waals surface area contributed by atoms with Crippen LogP contribution in [-0.4, -0.2) is 34.7 Å². The summed E-state index contributed by atoms with van der Waals surface area (Å²) in [5.74, 6) is 0.388. The molecule has 1 N–H and O–H groups in total. The minimum Gasteiger partial charge on any atom is -0.385 e. The van der Waals surface area contributed by atoms with Crippen LogP contribution in [0.15, 0.2) is 36.9 Å². The number of aliphatic hydroxyl groups is 1. The fourth-order valence-electron chi connectivity index (χ4n) is 1.92. The Kier molecular flexibility index (Phi) is 4.74. The number of hydrogen-bond acceptors (Lipinski definition) is 6. The van der Waals surface area contributed by atoms with Crippen molar-refractivity contribution in [3.63, 3.8) is 0 Å². The molecule has 7 nitrogen and oxygen atoms in total. The molecule has 120 valence electrons. The maximum atomic E-state index is 10.4. The van der Waals surface area contributed by atoms with Crippen LogP contribution in [0.5, 0.6) is 0 Å². The van der Waals surface area contributed by atoms with E-state index in [1.165, 1.54) is 6.33 Å². The van der Waals surface area contributed by atoms with Gasteiger partial charge in [0.25, 0.3) is 0 Å². The minimum absolute atomic E-state index is 0.388. The van der Waals surface area contributed by atoms with E-state index in [1.807, 2.05) is 24.3 Å². The lowest BCUT2D eigenvalue weighted by molar-refractivity contribution is 0.135. The first-order valence-electron chi connectivity index (χ1n) is 6.44. The van der Waals surface area contributed by atoms with Crippen molar-refractivity contribution in [1.82, 2.24) is 14.9 Å². The van der Waals surface area contributed by atoms with Gasteiger partial charge in [0.1, 0.15) is 6.33 Å². The van der Waals surface area contributed by atoms with Crippen molar-refractivity contribution in [2.75, 3.05) is 6.26 Å². The van der Waals surface area contributed by atoms with Crippen molar-refractivity contribution in [2.24, 2.45) is 5.92 Å². The van der Waals surface area contributed by atoms with Crippen LogP contribution in [0.3, 0.4) is 0 Å². The summed E-state index contributed by atoms with van der Waals surface area (Å²) in [6, 6.07) is 7.43. The van der Waals surface area contributed by atoms with E-state index < -0.39 is 15.7 Å². The molecule has 1 heterocycles. The highest BCUT2D eigenvalue weighted by Crippen LogP contribution is 2.51. The van der Waals surface area contributed by atoms with E-state index in [2.05, 4.69) is 21.3 Å². The van der Waals surface area contributed by atoms with Gasteiger partial charge in [0.05, 0.1) is 11.9 Å². The fourth-order valence-corrected chi connectivity index (χ4v) is 2.40. The lowest BCUT2D eigenvalue weighted by Crippen LogP contribution is -2.18. The Morgan fingerprint density at radius 3 is 2.41 bits per heavy atom. The predicted molar refractivity (Wildman–Crippen MR) is 80.6 cm³/mol. The Bertz CT molecular complexity index is 718. The highest BCUT2D eigenvalue weighted by Gasteiger charge is 2.50. The van der Waals surface area contributed by atoms with E-state index in [-0.39, 0.29) is 0 Å². The molecular formula is C13H16ClN3O4S. The second-order valence-corrected chi connectivity index (χ2v) is 7.11. The Morgan fingerprint density at radius 2 is 2.00 bits per heavy atom. The standard InChI is InChI=1S/C10H11ClO.C3H5N3O3S/c1-7-6-10(7,12)8-2-4-9(11)5-3-8;1-10(7,8)9-6-3-4-2-5-6/h2-5,7,12H,6H2,1H3;2-3H,1H3. The number of halogens is 1. The van der Waals surface area contributed by atoms with Gasteiger partial charge in [0.15, 0.2) is 6.33 Å². The first kappa shape index (κ1) is 16.7. The zero-order valence-electron chi connectivity index (χ0n) is 12.0. The van der Waals surface area contributed by atoms with Gasteiger partial charge in [-0.25, -0.2) is 4.98 Å². The van der Waals surface area contributed by atoms with Crippen LogP contribution in [0.4, 0.5) is 0 Å². The van der Waals surface area contributed by atoms with Gasteiger partial charge < -0.3 is 5.11 Å². The van der Waals surface area contributed by atoms with E-state index in [4.69, 9.17) is 11.6 Å². The van der Waals surface area contributed by atoms with Gasteiger partial charge in [-0.1, -0.05) is 35.5 Å². The number of hydrogen-bond donors (Lipinski definition) is 1. The molecule has 1 aliphatic carbocycles. The lowest BCUT2D eigenvalue weighted by atomic mass is 10.1. The van der Waals surface area contributed by atoms with Crippen LogP contribution in [-0.2, 0) is 15.7 Å². The SMILES string of the molecule is CC1CC1(O)c1ccc(Cl)cc1.CS(=O)(=O)On1cncn1. The first-order valence-corrected chi connectivity index (χ1v) is 8.63. The monoisotopic (exact) mass is 345 g/mol. The number of aromatic nitrogens is 3. The zero-order chi connectivity index (χ0) is 16.4. The summed E-state index contributed by atoms with van der Waals surface area (Å²) in [5.41, 5.74) is 0.421. The zero-order valence-corrected chi connectivity index (χ0v) is 13.6. The van der Waals surface area contributed by atoms with Crippen molar-refractivity contribution in [3.05, 3.63) is 47.5 Å². The van der Waals surface area contributed by atoms with E-state index in [0.717, 1.165) is 34.4 Å². The Hall–Kier alpha value is -1.64. The van der Waals surface area contributed by atoms with Gasteiger partial charge in [0, 0.05) is 5.02 Å². The normalized spacial score (nSPS) is 23.4. The molecule has 3 rings (SSSR count). The molecular weight excluding hydrogens is 330 g/mol. The molecule has 2 unspecified atom stereocenters.